The molecular formula is C23H26FN5O3S. The number of aromatic nitrogens is 4. The average molecular weight is 472 g/mol. The van der Waals surface area contributed by atoms with Gasteiger partial charge in [-0.2, -0.15) is 0 Å². The first-order valence-electron chi connectivity index (χ1n) is 10.6. The molecule has 0 aliphatic carbocycles. The zero-order valence-electron chi connectivity index (χ0n) is 18.8. The van der Waals surface area contributed by atoms with Gasteiger partial charge in [-0.1, -0.05) is 18.2 Å². The Kier molecular flexibility index (Phi) is 6.87. The number of rotatable bonds is 9. The second kappa shape index (κ2) is 9.82. The van der Waals surface area contributed by atoms with Gasteiger partial charge in [0.25, 0.3) is 5.56 Å². The van der Waals surface area contributed by atoms with Gasteiger partial charge in [0.1, 0.15) is 0 Å². The fraction of sp³-hybridized carbons (Fsp3) is 0.348. The van der Waals surface area contributed by atoms with E-state index < -0.39 is 5.82 Å². The first kappa shape index (κ1) is 23.1. The highest BCUT2D eigenvalue weighted by molar-refractivity contribution is 7.71. The number of halogens is 1. The lowest BCUT2D eigenvalue weighted by molar-refractivity contribution is 0.190. The summed E-state index contributed by atoms with van der Waals surface area (Å²) in [5.41, 5.74) is 1.41. The summed E-state index contributed by atoms with van der Waals surface area (Å²) in [6.07, 6.45) is 0.674. The molecule has 0 amide bonds. The van der Waals surface area contributed by atoms with Crippen molar-refractivity contribution in [2.45, 2.75) is 26.2 Å². The summed E-state index contributed by atoms with van der Waals surface area (Å²) in [5.74, 6) is 0.297. The fourth-order valence-corrected chi connectivity index (χ4v) is 4.21. The predicted octanol–water partition coefficient (Wildman–Crippen LogP) is 3.45. The summed E-state index contributed by atoms with van der Waals surface area (Å²) >= 11 is 5.75. The van der Waals surface area contributed by atoms with Crippen molar-refractivity contribution in [3.05, 3.63) is 69.0 Å². The summed E-state index contributed by atoms with van der Waals surface area (Å²) in [4.78, 5) is 15.1. The first-order valence-corrected chi connectivity index (χ1v) is 11.0. The highest BCUT2D eigenvalue weighted by Gasteiger charge is 2.16. The van der Waals surface area contributed by atoms with Crippen molar-refractivity contribution in [3.63, 3.8) is 0 Å². The van der Waals surface area contributed by atoms with Gasteiger partial charge in [0.05, 0.1) is 24.7 Å². The van der Waals surface area contributed by atoms with Crippen molar-refractivity contribution in [2.24, 2.45) is 0 Å². The van der Waals surface area contributed by atoms with Crippen molar-refractivity contribution in [1.29, 1.82) is 0 Å². The Labute approximate surface area is 195 Å². The number of ether oxygens (including phenoxy) is 2. The molecule has 0 aliphatic rings. The molecule has 33 heavy (non-hydrogen) atoms. The molecule has 0 atom stereocenters. The van der Waals surface area contributed by atoms with Gasteiger partial charge >= 0.3 is 0 Å². The molecule has 0 aliphatic heterocycles. The zero-order chi connectivity index (χ0) is 23.5. The molecule has 0 bridgehead atoms. The molecule has 0 radical (unpaired) electrons. The van der Waals surface area contributed by atoms with Crippen LogP contribution in [-0.2, 0) is 24.5 Å². The summed E-state index contributed by atoms with van der Waals surface area (Å²) < 4.78 is 29.9. The Morgan fingerprint density at radius 2 is 1.97 bits per heavy atom. The van der Waals surface area contributed by atoms with Crippen molar-refractivity contribution in [2.75, 3.05) is 27.9 Å². The average Bonchev–Trinajstić information content (AvgIpc) is 3.12. The van der Waals surface area contributed by atoms with Crippen LogP contribution in [0.25, 0.3) is 16.7 Å². The summed E-state index contributed by atoms with van der Waals surface area (Å²) in [7, 11) is 4.97. The monoisotopic (exact) mass is 471 g/mol. The normalized spacial score (nSPS) is 11.7. The van der Waals surface area contributed by atoms with Gasteiger partial charge in [-0.3, -0.25) is 18.7 Å². The van der Waals surface area contributed by atoms with Crippen molar-refractivity contribution in [1.82, 2.24) is 23.6 Å². The van der Waals surface area contributed by atoms with Gasteiger partial charge in [-0.25, -0.2) is 9.07 Å². The van der Waals surface area contributed by atoms with Crippen molar-refractivity contribution >= 4 is 28.9 Å². The van der Waals surface area contributed by atoms with E-state index in [1.54, 1.807) is 28.5 Å². The van der Waals surface area contributed by atoms with Crippen LogP contribution >= 0.6 is 12.2 Å². The molecule has 10 heteroatoms. The fourth-order valence-electron chi connectivity index (χ4n) is 3.93. The standard InChI is InChI=1S/C23H26FN5O3S/c1-26(14-16-9-10-20(32-3)18(24)13-16)15-28-23(33)29-19-8-5-4-7-17(19)21(30)27(22(29)25-28)11-6-12-31-2/h4-5,7-10,13H,6,11-12,14-15H2,1-3H3. The summed E-state index contributed by atoms with van der Waals surface area (Å²) in [5, 5.41) is 5.27. The number of aryl methyl sites for hydroxylation is 1. The van der Waals surface area contributed by atoms with Crippen LogP contribution in [-0.4, -0.2) is 51.5 Å². The van der Waals surface area contributed by atoms with Crippen LogP contribution in [0.1, 0.15) is 12.0 Å². The van der Waals surface area contributed by atoms with Crippen LogP contribution in [0.15, 0.2) is 47.3 Å². The molecule has 4 rings (SSSR count). The van der Waals surface area contributed by atoms with Crippen molar-refractivity contribution < 1.29 is 13.9 Å². The molecule has 2 aromatic carbocycles. The molecule has 2 aromatic heterocycles. The SMILES string of the molecule is COCCCn1c(=O)c2ccccc2n2c(=S)n(CN(C)Cc3ccc(OC)c(F)c3)nc12. The maximum atomic E-state index is 14.1. The number of hydrogen-bond acceptors (Lipinski definition) is 6. The Bertz CT molecular complexity index is 1410. The molecular weight excluding hydrogens is 445 g/mol. The van der Waals surface area contributed by atoms with E-state index in [9.17, 15) is 9.18 Å². The van der Waals surface area contributed by atoms with E-state index in [1.807, 2.05) is 40.6 Å². The van der Waals surface area contributed by atoms with E-state index in [-0.39, 0.29) is 11.3 Å². The number of para-hydroxylation sites is 1. The molecule has 0 unspecified atom stereocenters. The number of methoxy groups -OCH3 is 2. The van der Waals surface area contributed by atoms with E-state index >= 15 is 0 Å². The smallest absolute Gasteiger partial charge is 0.262 e. The minimum Gasteiger partial charge on any atom is -0.494 e. The second-order valence-corrected chi connectivity index (χ2v) is 8.23. The molecule has 2 heterocycles. The highest BCUT2D eigenvalue weighted by atomic mass is 32.1. The van der Waals surface area contributed by atoms with E-state index in [0.717, 1.165) is 11.1 Å². The quantitative estimate of drug-likeness (QED) is 0.275. The minimum absolute atomic E-state index is 0.108. The number of benzene rings is 2. The minimum atomic E-state index is -0.403. The van der Waals surface area contributed by atoms with Gasteiger partial charge in [-0.15, -0.1) is 5.10 Å². The van der Waals surface area contributed by atoms with E-state index in [4.69, 9.17) is 26.8 Å². The number of nitrogens with zero attached hydrogens (tertiary/aromatic N) is 5. The maximum Gasteiger partial charge on any atom is 0.262 e. The summed E-state index contributed by atoms with van der Waals surface area (Å²) in [6.45, 7) is 1.86. The molecule has 0 spiro atoms. The predicted molar refractivity (Wildman–Crippen MR) is 127 cm³/mol. The number of fused-ring (bicyclic) bond motifs is 3. The van der Waals surface area contributed by atoms with E-state index in [1.165, 1.54) is 13.2 Å². The Morgan fingerprint density at radius 3 is 2.70 bits per heavy atom. The van der Waals surface area contributed by atoms with Crippen LogP contribution in [0.3, 0.4) is 0 Å². The lowest BCUT2D eigenvalue weighted by Crippen LogP contribution is -2.24. The van der Waals surface area contributed by atoms with E-state index in [0.29, 0.717) is 48.7 Å². The zero-order valence-corrected chi connectivity index (χ0v) is 19.6. The van der Waals surface area contributed by atoms with Gasteiger partial charge in [-0.05, 0) is 55.5 Å². The molecule has 174 valence electrons. The molecule has 0 fully saturated rings. The molecule has 0 saturated heterocycles. The van der Waals surface area contributed by atoms with Crippen LogP contribution in [0.4, 0.5) is 4.39 Å². The molecule has 0 saturated carbocycles. The third kappa shape index (κ3) is 4.54. The van der Waals surface area contributed by atoms with Crippen molar-refractivity contribution in [3.8, 4) is 5.75 Å². The largest absolute Gasteiger partial charge is 0.494 e. The van der Waals surface area contributed by atoms with Crippen LogP contribution < -0.4 is 10.3 Å². The topological polar surface area (TPSA) is 65.9 Å². The highest BCUT2D eigenvalue weighted by Crippen LogP contribution is 2.19. The Balaban J connectivity index is 1.71. The van der Waals surface area contributed by atoms with Crippen LogP contribution in [0.5, 0.6) is 5.75 Å². The maximum absolute atomic E-state index is 14.1. The van der Waals surface area contributed by atoms with Gasteiger partial charge in [0, 0.05) is 26.8 Å². The van der Waals surface area contributed by atoms with Crippen LogP contribution in [0, 0.1) is 10.6 Å². The summed E-state index contributed by atoms with van der Waals surface area (Å²) in [6, 6.07) is 12.3. The van der Waals surface area contributed by atoms with Gasteiger partial charge in [0.2, 0.25) is 10.5 Å². The second-order valence-electron chi connectivity index (χ2n) is 7.86. The van der Waals surface area contributed by atoms with Gasteiger partial charge < -0.3 is 9.47 Å². The Morgan fingerprint density at radius 1 is 1.18 bits per heavy atom. The van der Waals surface area contributed by atoms with Gasteiger partial charge in [0.15, 0.2) is 11.6 Å². The Hall–Kier alpha value is -3.08. The number of hydrogen-bond donors (Lipinski definition) is 0. The molecule has 4 aromatic rings. The third-order valence-electron chi connectivity index (χ3n) is 5.46. The van der Waals surface area contributed by atoms with E-state index in [2.05, 4.69) is 0 Å². The molecule has 0 N–H and O–H groups in total. The third-order valence-corrected chi connectivity index (χ3v) is 5.85. The first-order chi connectivity index (χ1) is 15.9. The lowest BCUT2D eigenvalue weighted by Gasteiger charge is -2.16. The molecule has 8 nitrogen and oxygen atoms in total. The van der Waals surface area contributed by atoms with Crippen LogP contribution in [0.2, 0.25) is 0 Å². The lowest BCUT2D eigenvalue weighted by atomic mass is 10.2.